The minimum atomic E-state index is -0.438. The number of carbonyl (C=O) groups excluding carboxylic acids is 1. The average Bonchev–Trinajstić information content (AvgIpc) is 2.77. The molecule has 0 spiro atoms. The number of hydrogen-bond donors (Lipinski definition) is 1. The molecular weight excluding hydrogens is 452 g/mol. The third kappa shape index (κ3) is 5.42. The Morgan fingerprint density at radius 3 is 2.58 bits per heavy atom. The van der Waals surface area contributed by atoms with E-state index in [-0.39, 0.29) is 5.57 Å². The van der Waals surface area contributed by atoms with E-state index in [0.29, 0.717) is 17.9 Å². The number of amides is 1. The van der Waals surface area contributed by atoms with E-state index in [1.54, 1.807) is 13.2 Å². The molecule has 1 N–H and O–H groups in total. The molecule has 0 bridgehead atoms. The Morgan fingerprint density at radius 1 is 1.10 bits per heavy atom. The molecule has 3 aromatic rings. The van der Waals surface area contributed by atoms with Gasteiger partial charge < -0.3 is 10.1 Å². The molecule has 3 aromatic carbocycles. The van der Waals surface area contributed by atoms with E-state index in [1.165, 1.54) is 0 Å². The first kappa shape index (κ1) is 22.3. The Morgan fingerprint density at radius 2 is 1.87 bits per heavy atom. The lowest BCUT2D eigenvalue weighted by atomic mass is 10.0. The van der Waals surface area contributed by atoms with Gasteiger partial charge in [-0.3, -0.25) is 4.79 Å². The molecule has 1 amide bonds. The van der Waals surface area contributed by atoms with Gasteiger partial charge in [0.2, 0.25) is 0 Å². The molecule has 5 heteroatoms. The maximum atomic E-state index is 12.7. The van der Waals surface area contributed by atoms with Gasteiger partial charge in [0.1, 0.15) is 17.4 Å². The molecule has 0 saturated heterocycles. The van der Waals surface area contributed by atoms with Crippen molar-refractivity contribution in [2.45, 2.75) is 20.3 Å². The van der Waals surface area contributed by atoms with Gasteiger partial charge in [0, 0.05) is 16.6 Å². The van der Waals surface area contributed by atoms with E-state index < -0.39 is 5.91 Å². The number of anilines is 1. The zero-order valence-electron chi connectivity index (χ0n) is 17.7. The normalized spacial score (nSPS) is 11.0. The first-order valence-corrected chi connectivity index (χ1v) is 10.6. The largest absolute Gasteiger partial charge is 0.496 e. The number of nitriles is 1. The second-order valence-corrected chi connectivity index (χ2v) is 8.07. The van der Waals surface area contributed by atoms with E-state index in [4.69, 9.17) is 4.74 Å². The van der Waals surface area contributed by atoms with Gasteiger partial charge in [-0.05, 0) is 65.9 Å². The quantitative estimate of drug-likeness (QED) is 0.341. The molecule has 0 radical (unpaired) electrons. The van der Waals surface area contributed by atoms with Gasteiger partial charge in [0.25, 0.3) is 5.91 Å². The Balaban J connectivity index is 1.85. The topological polar surface area (TPSA) is 62.1 Å². The highest BCUT2D eigenvalue weighted by molar-refractivity contribution is 9.10. The van der Waals surface area contributed by atoms with Crippen molar-refractivity contribution in [2.75, 3.05) is 12.4 Å². The summed E-state index contributed by atoms with van der Waals surface area (Å²) in [6.07, 6.45) is 2.28. The summed E-state index contributed by atoms with van der Waals surface area (Å²) in [5.74, 6) is 0.268. The highest BCUT2D eigenvalue weighted by atomic mass is 79.9. The fourth-order valence-electron chi connectivity index (χ4n) is 3.24. The number of carbonyl (C=O) groups is 1. The number of halogens is 1. The summed E-state index contributed by atoms with van der Waals surface area (Å²) in [6.45, 7) is 3.92. The summed E-state index contributed by atoms with van der Waals surface area (Å²) < 4.78 is 6.61. The highest BCUT2D eigenvalue weighted by Crippen LogP contribution is 2.27. The standard InChI is InChI=1S/C26H23BrN2O2/c1-17-7-6-10-24(18(17)2)29-26(30)22(16-28)13-19-11-12-21(25(14-19)31-3)15-20-8-4-5-9-23(20)27/h4-14H,15H2,1-3H3,(H,29,30)/b22-13+. The van der Waals surface area contributed by atoms with Gasteiger partial charge in [-0.2, -0.15) is 5.26 Å². The Bertz CT molecular complexity index is 1190. The number of rotatable bonds is 6. The lowest BCUT2D eigenvalue weighted by Crippen LogP contribution is -2.14. The summed E-state index contributed by atoms with van der Waals surface area (Å²) in [7, 11) is 1.62. The van der Waals surface area contributed by atoms with Crippen molar-refractivity contribution >= 4 is 33.6 Å². The zero-order chi connectivity index (χ0) is 22.4. The van der Waals surface area contributed by atoms with Crippen molar-refractivity contribution in [3.8, 4) is 11.8 Å². The minimum Gasteiger partial charge on any atom is -0.496 e. The summed E-state index contributed by atoms with van der Waals surface area (Å²) in [5.41, 5.74) is 5.67. The summed E-state index contributed by atoms with van der Waals surface area (Å²) in [5, 5.41) is 12.4. The molecule has 0 aliphatic rings. The molecule has 0 aliphatic heterocycles. The predicted octanol–water partition coefficient (Wildman–Crippen LogP) is 6.21. The van der Waals surface area contributed by atoms with Crippen molar-refractivity contribution in [3.63, 3.8) is 0 Å². The summed E-state index contributed by atoms with van der Waals surface area (Å²) in [4.78, 5) is 12.7. The van der Waals surface area contributed by atoms with Crippen LogP contribution in [0, 0.1) is 25.2 Å². The maximum Gasteiger partial charge on any atom is 0.266 e. The van der Waals surface area contributed by atoms with Crippen LogP contribution in [-0.4, -0.2) is 13.0 Å². The van der Waals surface area contributed by atoms with Crippen LogP contribution in [0.2, 0.25) is 0 Å². The molecular formula is C26H23BrN2O2. The molecule has 0 heterocycles. The van der Waals surface area contributed by atoms with Gasteiger partial charge in [-0.15, -0.1) is 0 Å². The molecule has 4 nitrogen and oxygen atoms in total. The highest BCUT2D eigenvalue weighted by Gasteiger charge is 2.13. The van der Waals surface area contributed by atoms with Crippen LogP contribution in [0.5, 0.6) is 5.75 Å². The van der Waals surface area contributed by atoms with Gasteiger partial charge in [-0.25, -0.2) is 0 Å². The van der Waals surface area contributed by atoms with Crippen molar-refractivity contribution < 1.29 is 9.53 Å². The Labute approximate surface area is 191 Å². The zero-order valence-corrected chi connectivity index (χ0v) is 19.3. The first-order valence-electron chi connectivity index (χ1n) is 9.82. The van der Waals surface area contributed by atoms with Gasteiger partial charge >= 0.3 is 0 Å². The second kappa shape index (κ2) is 10.1. The number of ether oxygens (including phenoxy) is 1. The molecule has 31 heavy (non-hydrogen) atoms. The van der Waals surface area contributed by atoms with E-state index in [2.05, 4.69) is 27.3 Å². The van der Waals surface area contributed by atoms with Crippen molar-refractivity contribution in [2.24, 2.45) is 0 Å². The fourth-order valence-corrected chi connectivity index (χ4v) is 3.66. The Hall–Kier alpha value is -3.36. The third-order valence-corrected chi connectivity index (χ3v) is 5.95. The smallest absolute Gasteiger partial charge is 0.266 e. The average molecular weight is 475 g/mol. The minimum absolute atomic E-state index is 0.0292. The molecule has 0 atom stereocenters. The molecule has 0 saturated carbocycles. The van der Waals surface area contributed by atoms with Crippen LogP contribution in [0.4, 0.5) is 5.69 Å². The summed E-state index contributed by atoms with van der Waals surface area (Å²) >= 11 is 3.58. The Kier molecular flexibility index (Phi) is 7.28. The van der Waals surface area contributed by atoms with E-state index in [9.17, 15) is 10.1 Å². The van der Waals surface area contributed by atoms with E-state index in [0.717, 1.165) is 32.3 Å². The van der Waals surface area contributed by atoms with Crippen LogP contribution in [-0.2, 0) is 11.2 Å². The van der Waals surface area contributed by atoms with Crippen LogP contribution < -0.4 is 10.1 Å². The molecule has 0 aromatic heterocycles. The predicted molar refractivity (Wildman–Crippen MR) is 128 cm³/mol. The van der Waals surface area contributed by atoms with Crippen molar-refractivity contribution in [1.29, 1.82) is 5.26 Å². The summed E-state index contributed by atoms with van der Waals surface area (Å²) in [6, 6.07) is 21.4. The van der Waals surface area contributed by atoms with Crippen LogP contribution in [0.1, 0.15) is 27.8 Å². The van der Waals surface area contributed by atoms with E-state index >= 15 is 0 Å². The van der Waals surface area contributed by atoms with Gasteiger partial charge in [0.05, 0.1) is 7.11 Å². The maximum absolute atomic E-state index is 12.7. The number of methoxy groups -OCH3 is 1. The molecule has 0 fully saturated rings. The van der Waals surface area contributed by atoms with Crippen LogP contribution >= 0.6 is 15.9 Å². The van der Waals surface area contributed by atoms with Crippen LogP contribution in [0.15, 0.2) is 70.7 Å². The lowest BCUT2D eigenvalue weighted by molar-refractivity contribution is -0.112. The van der Waals surface area contributed by atoms with Gasteiger partial charge in [0.15, 0.2) is 0 Å². The number of nitrogens with one attached hydrogen (secondary N) is 1. The number of aryl methyl sites for hydroxylation is 1. The number of nitrogens with zero attached hydrogens (tertiary/aromatic N) is 1. The van der Waals surface area contributed by atoms with Crippen LogP contribution in [0.25, 0.3) is 6.08 Å². The SMILES string of the molecule is COc1cc(/C=C(\C#N)C(=O)Nc2cccc(C)c2C)ccc1Cc1ccccc1Br. The molecule has 0 aliphatic carbocycles. The lowest BCUT2D eigenvalue weighted by Gasteiger charge is -2.12. The van der Waals surface area contributed by atoms with Crippen molar-refractivity contribution in [3.05, 3.63) is 98.5 Å². The number of hydrogen-bond acceptors (Lipinski definition) is 3. The monoisotopic (exact) mass is 474 g/mol. The third-order valence-electron chi connectivity index (χ3n) is 5.18. The first-order chi connectivity index (χ1) is 14.9. The molecule has 156 valence electrons. The second-order valence-electron chi connectivity index (χ2n) is 7.21. The van der Waals surface area contributed by atoms with E-state index in [1.807, 2.05) is 74.5 Å². The van der Waals surface area contributed by atoms with Crippen LogP contribution in [0.3, 0.4) is 0 Å². The van der Waals surface area contributed by atoms with Crippen molar-refractivity contribution in [1.82, 2.24) is 0 Å². The van der Waals surface area contributed by atoms with Gasteiger partial charge in [-0.1, -0.05) is 58.4 Å². The molecule has 0 unspecified atom stereocenters. The molecule has 3 rings (SSSR count). The number of benzene rings is 3. The fraction of sp³-hybridized carbons (Fsp3) is 0.154.